The quantitative estimate of drug-likeness (QED) is 0.336. The molecule has 0 aliphatic rings. The number of hydrogen-bond acceptors (Lipinski definition) is 2. The first-order valence-corrected chi connectivity index (χ1v) is 6.24. The van der Waals surface area contributed by atoms with Gasteiger partial charge in [-0.05, 0) is 0 Å². The van der Waals surface area contributed by atoms with Crippen LogP contribution in [-0.2, 0) is 21.6 Å². The zero-order valence-electron chi connectivity index (χ0n) is 10.8. The Morgan fingerprint density at radius 3 is 1.71 bits per heavy atom. The molecule has 0 fully saturated rings. The van der Waals surface area contributed by atoms with Crippen molar-refractivity contribution in [3.05, 3.63) is 5.73 Å². The third kappa shape index (κ3) is 31.3. The van der Waals surface area contributed by atoms with Gasteiger partial charge in [-0.25, -0.2) is 0 Å². The third-order valence-electron chi connectivity index (χ3n) is 2.38. The fourth-order valence-corrected chi connectivity index (χ4v) is 1.51. The van der Waals surface area contributed by atoms with Crippen molar-refractivity contribution in [2.75, 3.05) is 0 Å². The van der Waals surface area contributed by atoms with Gasteiger partial charge in [0.25, 0.3) is 0 Å². The van der Waals surface area contributed by atoms with E-state index in [2.05, 4.69) is 6.92 Å². The fourth-order valence-electron chi connectivity index (χ4n) is 1.51. The molecule has 0 heterocycles. The first-order valence-electron chi connectivity index (χ1n) is 6.24. The van der Waals surface area contributed by atoms with Gasteiger partial charge < -0.3 is 15.8 Å². The molecule has 0 aromatic rings. The van der Waals surface area contributed by atoms with Crippen molar-refractivity contribution in [3.63, 3.8) is 0 Å². The summed E-state index contributed by atoms with van der Waals surface area (Å²) >= 11 is 0. The van der Waals surface area contributed by atoms with Crippen molar-refractivity contribution in [2.45, 2.75) is 71.1 Å². The SMILES string of the molecule is CCCCCCCCCCC[C-]=O.N#C[NH-].[Co+2]. The smallest absolute Gasteiger partial charge is 0.542 e. The summed E-state index contributed by atoms with van der Waals surface area (Å²) in [7, 11) is 0. The summed E-state index contributed by atoms with van der Waals surface area (Å²) in [5.74, 6) is 0. The second kappa shape index (κ2) is 24.6. The molecule has 0 aromatic heterocycles. The van der Waals surface area contributed by atoms with Crippen LogP contribution in [0.3, 0.4) is 0 Å². The van der Waals surface area contributed by atoms with Gasteiger partial charge in [-0.1, -0.05) is 70.9 Å². The second-order valence-corrected chi connectivity index (χ2v) is 3.83. The summed E-state index contributed by atoms with van der Waals surface area (Å²) in [5.41, 5.74) is 5.51. The minimum absolute atomic E-state index is 0. The number of nitrogens with zero attached hydrogens (tertiary/aromatic N) is 1. The maximum absolute atomic E-state index is 9.89. The Morgan fingerprint density at radius 1 is 1.00 bits per heavy atom. The van der Waals surface area contributed by atoms with Crippen molar-refractivity contribution < 1.29 is 21.6 Å². The van der Waals surface area contributed by atoms with E-state index in [0.717, 1.165) is 12.6 Å². The molecule has 0 spiro atoms. The molecule has 4 heteroatoms. The minimum Gasteiger partial charge on any atom is -0.542 e. The average molecular weight is 283 g/mol. The van der Waals surface area contributed by atoms with Gasteiger partial charge in [-0.2, -0.15) is 6.42 Å². The van der Waals surface area contributed by atoms with E-state index < -0.39 is 0 Å². The van der Waals surface area contributed by atoms with E-state index in [-0.39, 0.29) is 16.8 Å². The standard InChI is InChI=1S/C12H23O.CHN2.Co/c1-2-3-4-5-6-7-8-9-10-11-12-13;2-1-3;/h2-11H2,1H3;2H;/q2*-1;+2. The van der Waals surface area contributed by atoms with Gasteiger partial charge in [-0.15, -0.1) is 0 Å². The molecule has 0 amide bonds. The molecule has 0 saturated carbocycles. The van der Waals surface area contributed by atoms with E-state index in [1.165, 1.54) is 51.4 Å². The van der Waals surface area contributed by atoms with Gasteiger partial charge >= 0.3 is 16.8 Å². The Kier molecular flexibility index (Phi) is 31.5. The van der Waals surface area contributed by atoms with Crippen LogP contribution < -0.4 is 0 Å². The average Bonchev–Trinajstić information content (AvgIpc) is 2.28. The molecule has 17 heavy (non-hydrogen) atoms. The van der Waals surface area contributed by atoms with Crippen LogP contribution in [0.1, 0.15) is 71.1 Å². The normalized spacial score (nSPS) is 8.24. The predicted octanol–water partition coefficient (Wildman–Crippen LogP) is 4.53. The number of nitriles is 1. The Labute approximate surface area is 116 Å². The van der Waals surface area contributed by atoms with Crippen molar-refractivity contribution in [1.29, 1.82) is 5.26 Å². The van der Waals surface area contributed by atoms with Gasteiger partial charge in [0.05, 0.1) is 0 Å². The molecule has 3 nitrogen and oxygen atoms in total. The fraction of sp³-hybridized carbons (Fsp3) is 0.846. The molecule has 1 N–H and O–H groups in total. The van der Waals surface area contributed by atoms with Gasteiger partial charge in [0.15, 0.2) is 0 Å². The summed E-state index contributed by atoms with van der Waals surface area (Å²) in [6.45, 7) is 2.25. The number of hydrogen-bond donors (Lipinski definition) is 0. The Hall–Kier alpha value is -0.534. The van der Waals surface area contributed by atoms with Gasteiger partial charge in [0, 0.05) is 0 Å². The number of rotatable bonds is 10. The second-order valence-electron chi connectivity index (χ2n) is 3.83. The van der Waals surface area contributed by atoms with Crippen molar-refractivity contribution in [1.82, 2.24) is 0 Å². The van der Waals surface area contributed by atoms with Crippen LogP contribution in [0.4, 0.5) is 0 Å². The van der Waals surface area contributed by atoms with Crippen LogP contribution in [0.15, 0.2) is 0 Å². The Morgan fingerprint density at radius 2 is 1.35 bits per heavy atom. The summed E-state index contributed by atoms with van der Waals surface area (Å²) in [5, 5.41) is 6.99. The summed E-state index contributed by atoms with van der Waals surface area (Å²) in [6, 6.07) is 0. The van der Waals surface area contributed by atoms with Gasteiger partial charge in [0.2, 0.25) is 0 Å². The summed E-state index contributed by atoms with van der Waals surface area (Å²) in [6.07, 6.45) is 15.4. The van der Waals surface area contributed by atoms with E-state index in [9.17, 15) is 4.79 Å². The van der Waals surface area contributed by atoms with Crippen LogP contribution in [0, 0.1) is 11.5 Å². The number of nitrogens with one attached hydrogen (secondary N) is 1. The van der Waals surface area contributed by atoms with Gasteiger partial charge in [0.1, 0.15) is 0 Å². The number of unbranched alkanes of at least 4 members (excludes halogenated alkanes) is 9. The molecule has 1 radical (unpaired) electrons. The maximum Gasteiger partial charge on any atom is 2.00 e. The summed E-state index contributed by atoms with van der Waals surface area (Å²) < 4.78 is 0. The van der Waals surface area contributed by atoms with E-state index in [1.54, 1.807) is 0 Å². The van der Waals surface area contributed by atoms with Crippen LogP contribution in [0.25, 0.3) is 5.73 Å². The topological polar surface area (TPSA) is 64.7 Å². The van der Waals surface area contributed by atoms with Crippen molar-refractivity contribution in [2.24, 2.45) is 0 Å². The molecule has 0 atom stereocenters. The molecule has 0 rings (SSSR count). The van der Waals surface area contributed by atoms with E-state index in [0.29, 0.717) is 6.42 Å². The monoisotopic (exact) mass is 283 g/mol. The molecule has 0 aromatic carbocycles. The Balaban J connectivity index is -0.000000440. The van der Waals surface area contributed by atoms with Crippen LogP contribution in [0.2, 0.25) is 0 Å². The van der Waals surface area contributed by atoms with E-state index in [1.807, 2.05) is 6.29 Å². The molecular weight excluding hydrogens is 259 g/mol. The van der Waals surface area contributed by atoms with Crippen molar-refractivity contribution >= 4 is 6.29 Å². The first-order chi connectivity index (χ1) is 7.83. The molecule has 101 valence electrons. The molecule has 0 aliphatic carbocycles. The van der Waals surface area contributed by atoms with Crippen LogP contribution in [-0.4, -0.2) is 6.29 Å². The van der Waals surface area contributed by atoms with Crippen LogP contribution in [0.5, 0.6) is 0 Å². The summed E-state index contributed by atoms with van der Waals surface area (Å²) in [4.78, 5) is 9.89. The van der Waals surface area contributed by atoms with E-state index in [4.69, 9.17) is 11.0 Å². The zero-order valence-corrected chi connectivity index (χ0v) is 11.8. The molecule has 0 saturated heterocycles. The predicted molar refractivity (Wildman–Crippen MR) is 67.5 cm³/mol. The largest absolute Gasteiger partial charge is 2.00 e. The first kappa shape index (κ1) is 21.7. The molecule has 0 bridgehead atoms. The molecule has 0 unspecified atom stereocenters. The number of carbonyl (C=O) groups excluding carboxylic acids is 1. The Bertz CT molecular complexity index is 169. The molecular formula is C13H24CoN2O. The molecule has 0 aliphatic heterocycles. The zero-order chi connectivity index (χ0) is 12.5. The van der Waals surface area contributed by atoms with E-state index >= 15 is 0 Å². The van der Waals surface area contributed by atoms with Gasteiger partial charge in [-0.3, -0.25) is 6.29 Å². The minimum atomic E-state index is 0. The van der Waals surface area contributed by atoms with Crippen molar-refractivity contribution in [3.8, 4) is 6.19 Å². The third-order valence-corrected chi connectivity index (χ3v) is 2.38. The van der Waals surface area contributed by atoms with Crippen LogP contribution >= 0.6 is 0 Å². The maximum atomic E-state index is 9.89.